The van der Waals surface area contributed by atoms with Crippen LogP contribution in [0.3, 0.4) is 0 Å². The summed E-state index contributed by atoms with van der Waals surface area (Å²) in [4.78, 5) is 23.1. The summed E-state index contributed by atoms with van der Waals surface area (Å²) in [5.74, 6) is -1.77. The first-order valence-electron chi connectivity index (χ1n) is 6.26. The van der Waals surface area contributed by atoms with E-state index in [-0.39, 0.29) is 23.0 Å². The average Bonchev–Trinajstić information content (AvgIpc) is 2.37. The lowest BCUT2D eigenvalue weighted by Gasteiger charge is -2.17. The van der Waals surface area contributed by atoms with Gasteiger partial charge in [-0.1, -0.05) is 19.9 Å². The number of nitrogens with one attached hydrogen (secondary N) is 1. The summed E-state index contributed by atoms with van der Waals surface area (Å²) in [5.41, 5.74) is -0.0145. The summed E-state index contributed by atoms with van der Waals surface area (Å²) in [6.45, 7) is 3.73. The number of amides is 1. The van der Waals surface area contributed by atoms with Crippen molar-refractivity contribution in [3.05, 3.63) is 23.8 Å². The smallest absolute Gasteiger partial charge is 0.326 e. The molecule has 0 unspecified atom stereocenters. The number of carbonyl (C=O) groups excluding carboxylic acids is 1. The molecule has 0 radical (unpaired) electrons. The Hall–Kier alpha value is -2.24. The molecule has 0 aliphatic carbocycles. The minimum absolute atomic E-state index is 0.0145. The van der Waals surface area contributed by atoms with E-state index in [0.717, 1.165) is 0 Å². The summed E-state index contributed by atoms with van der Waals surface area (Å²) in [6.07, 6.45) is 0.311. The highest BCUT2D eigenvalue weighted by molar-refractivity contribution is 5.99. The molecule has 1 aromatic rings. The Morgan fingerprint density at radius 3 is 2.50 bits per heavy atom. The van der Waals surface area contributed by atoms with Crippen molar-refractivity contribution in [1.29, 1.82) is 0 Å². The van der Waals surface area contributed by atoms with Crippen molar-refractivity contribution >= 4 is 11.9 Å². The van der Waals surface area contributed by atoms with Gasteiger partial charge in [-0.05, 0) is 24.5 Å². The molecule has 0 saturated heterocycles. The molecule has 0 heterocycles. The first-order valence-corrected chi connectivity index (χ1v) is 6.26. The molecule has 6 nitrogen and oxygen atoms in total. The lowest BCUT2D eigenvalue weighted by molar-refractivity contribution is -0.139. The molecule has 0 aromatic heterocycles. The third-order valence-electron chi connectivity index (χ3n) is 2.77. The van der Waals surface area contributed by atoms with E-state index in [0.29, 0.717) is 6.42 Å². The molecule has 0 aliphatic rings. The number of phenols is 1. The van der Waals surface area contributed by atoms with Gasteiger partial charge in [0.25, 0.3) is 5.91 Å². The lowest BCUT2D eigenvalue weighted by Crippen LogP contribution is -2.41. The maximum absolute atomic E-state index is 12.0. The number of rotatable bonds is 6. The fourth-order valence-corrected chi connectivity index (χ4v) is 1.80. The summed E-state index contributed by atoms with van der Waals surface area (Å²) < 4.78 is 4.91. The molecule has 0 bridgehead atoms. The third kappa shape index (κ3) is 3.88. The number of hydrogen-bond acceptors (Lipinski definition) is 4. The quantitative estimate of drug-likeness (QED) is 0.736. The highest BCUT2D eigenvalue weighted by Gasteiger charge is 2.23. The lowest BCUT2D eigenvalue weighted by atomic mass is 10.0. The molecule has 1 rings (SSSR count). The van der Waals surface area contributed by atoms with Crippen molar-refractivity contribution in [3.63, 3.8) is 0 Å². The van der Waals surface area contributed by atoms with Crippen LogP contribution in [0.5, 0.6) is 11.5 Å². The Morgan fingerprint density at radius 1 is 1.35 bits per heavy atom. The van der Waals surface area contributed by atoms with Crippen molar-refractivity contribution in [2.75, 3.05) is 7.11 Å². The molecule has 0 aliphatic heterocycles. The number of aromatic hydroxyl groups is 1. The van der Waals surface area contributed by atoms with Gasteiger partial charge in [-0.3, -0.25) is 4.79 Å². The first-order chi connectivity index (χ1) is 9.36. The number of phenolic OH excluding ortho intramolecular Hbond substituents is 1. The Balaban J connectivity index is 2.92. The molecule has 1 aromatic carbocycles. The van der Waals surface area contributed by atoms with Crippen LogP contribution in [0.1, 0.15) is 30.6 Å². The predicted octanol–water partition coefficient (Wildman–Crippen LogP) is 1.63. The van der Waals surface area contributed by atoms with E-state index in [4.69, 9.17) is 9.84 Å². The van der Waals surface area contributed by atoms with Gasteiger partial charge >= 0.3 is 5.97 Å². The second-order valence-corrected chi connectivity index (χ2v) is 4.85. The Morgan fingerprint density at radius 2 is 2.00 bits per heavy atom. The summed E-state index contributed by atoms with van der Waals surface area (Å²) >= 11 is 0. The molecule has 1 amide bonds. The van der Waals surface area contributed by atoms with Gasteiger partial charge in [0.05, 0.1) is 12.7 Å². The van der Waals surface area contributed by atoms with E-state index in [1.54, 1.807) is 6.07 Å². The fraction of sp³-hybridized carbons (Fsp3) is 0.429. The van der Waals surface area contributed by atoms with Crippen LogP contribution < -0.4 is 10.1 Å². The summed E-state index contributed by atoms with van der Waals surface area (Å²) in [5, 5.41) is 21.3. The molecule has 1 atom stereocenters. The van der Waals surface area contributed by atoms with Crippen molar-refractivity contribution < 1.29 is 24.5 Å². The number of methoxy groups -OCH3 is 1. The van der Waals surface area contributed by atoms with Gasteiger partial charge in [0.15, 0.2) is 11.5 Å². The largest absolute Gasteiger partial charge is 0.504 e. The molecule has 0 fully saturated rings. The van der Waals surface area contributed by atoms with Crippen LogP contribution in [0.2, 0.25) is 0 Å². The van der Waals surface area contributed by atoms with Gasteiger partial charge in [0, 0.05) is 0 Å². The van der Waals surface area contributed by atoms with E-state index < -0.39 is 17.9 Å². The zero-order chi connectivity index (χ0) is 15.3. The molecule has 0 saturated carbocycles. The number of aliphatic carboxylic acids is 1. The van der Waals surface area contributed by atoms with Gasteiger partial charge in [-0.25, -0.2) is 4.79 Å². The predicted molar refractivity (Wildman–Crippen MR) is 73.0 cm³/mol. The van der Waals surface area contributed by atoms with Crippen molar-refractivity contribution in [3.8, 4) is 11.5 Å². The topological polar surface area (TPSA) is 95.9 Å². The average molecular weight is 281 g/mol. The fourth-order valence-electron chi connectivity index (χ4n) is 1.80. The van der Waals surface area contributed by atoms with Gasteiger partial charge in [0.2, 0.25) is 0 Å². The molecule has 3 N–H and O–H groups in total. The van der Waals surface area contributed by atoms with Crippen LogP contribution in [0, 0.1) is 5.92 Å². The molecule has 110 valence electrons. The number of carbonyl (C=O) groups is 2. The Labute approximate surface area is 117 Å². The van der Waals surface area contributed by atoms with Gasteiger partial charge in [-0.2, -0.15) is 0 Å². The van der Waals surface area contributed by atoms with E-state index in [1.165, 1.54) is 19.2 Å². The number of carboxylic acids is 1. The monoisotopic (exact) mass is 281 g/mol. The molecule has 20 heavy (non-hydrogen) atoms. The van der Waals surface area contributed by atoms with Gasteiger partial charge in [-0.15, -0.1) is 0 Å². The molecule has 6 heteroatoms. The Kier molecular flexibility index (Phi) is 5.37. The second-order valence-electron chi connectivity index (χ2n) is 4.85. The van der Waals surface area contributed by atoms with Crippen LogP contribution in [-0.4, -0.2) is 35.2 Å². The normalized spacial score (nSPS) is 12.0. The number of carboxylic acid groups (broad SMARTS) is 1. The maximum atomic E-state index is 12.0. The SMILES string of the molecule is COc1cccc(C(=O)N[C@@H](CC(C)C)C(=O)O)c1O. The van der Waals surface area contributed by atoms with E-state index in [1.807, 2.05) is 13.8 Å². The van der Waals surface area contributed by atoms with E-state index in [2.05, 4.69) is 5.32 Å². The van der Waals surface area contributed by atoms with Gasteiger partial charge in [0.1, 0.15) is 6.04 Å². The second kappa shape index (κ2) is 6.79. The zero-order valence-electron chi connectivity index (χ0n) is 11.7. The highest BCUT2D eigenvalue weighted by atomic mass is 16.5. The number of para-hydroxylation sites is 1. The summed E-state index contributed by atoms with van der Waals surface area (Å²) in [6, 6.07) is 3.47. The highest BCUT2D eigenvalue weighted by Crippen LogP contribution is 2.29. The minimum atomic E-state index is -1.10. The zero-order valence-corrected chi connectivity index (χ0v) is 11.7. The van der Waals surface area contributed by atoms with Crippen molar-refractivity contribution in [2.24, 2.45) is 5.92 Å². The van der Waals surface area contributed by atoms with Crippen molar-refractivity contribution in [2.45, 2.75) is 26.3 Å². The molecular formula is C14H19NO5. The number of benzene rings is 1. The van der Waals surface area contributed by atoms with Crippen LogP contribution >= 0.6 is 0 Å². The Bertz CT molecular complexity index is 498. The van der Waals surface area contributed by atoms with Crippen LogP contribution in [0.4, 0.5) is 0 Å². The standard InChI is InChI=1S/C14H19NO5/c1-8(2)7-10(14(18)19)15-13(17)9-5-4-6-11(20-3)12(9)16/h4-6,8,10,16H,7H2,1-3H3,(H,15,17)(H,18,19)/t10-/m0/s1. The van der Waals surface area contributed by atoms with Gasteiger partial charge < -0.3 is 20.3 Å². The van der Waals surface area contributed by atoms with Crippen molar-refractivity contribution in [1.82, 2.24) is 5.32 Å². The van der Waals surface area contributed by atoms with Crippen LogP contribution in [0.15, 0.2) is 18.2 Å². The molecule has 0 spiro atoms. The molecular weight excluding hydrogens is 262 g/mol. The first kappa shape index (κ1) is 15.8. The third-order valence-corrected chi connectivity index (χ3v) is 2.77. The van der Waals surface area contributed by atoms with E-state index in [9.17, 15) is 14.7 Å². The van der Waals surface area contributed by atoms with E-state index >= 15 is 0 Å². The minimum Gasteiger partial charge on any atom is -0.504 e. The number of ether oxygens (including phenoxy) is 1. The number of hydrogen-bond donors (Lipinski definition) is 3. The van der Waals surface area contributed by atoms with Crippen LogP contribution in [0.25, 0.3) is 0 Å². The maximum Gasteiger partial charge on any atom is 0.326 e. The summed E-state index contributed by atoms with van der Waals surface area (Å²) in [7, 11) is 1.37. The van der Waals surface area contributed by atoms with Crippen LogP contribution in [-0.2, 0) is 4.79 Å².